The molecule has 3 aromatic rings. The highest BCUT2D eigenvalue weighted by molar-refractivity contribution is 7.80. The molecule has 2 atom stereocenters. The largest absolute Gasteiger partial charge is 0.363 e. The van der Waals surface area contributed by atoms with Gasteiger partial charge in [-0.2, -0.15) is 0 Å². The van der Waals surface area contributed by atoms with Crippen molar-refractivity contribution < 1.29 is 4.79 Å². The number of hydrogen-bond donors (Lipinski definition) is 3. The van der Waals surface area contributed by atoms with Gasteiger partial charge < -0.3 is 20.5 Å². The molecule has 0 bridgehead atoms. The fraction of sp³-hybridized carbons (Fsp3) is 0.150. The van der Waals surface area contributed by atoms with E-state index in [1.807, 2.05) is 71.8 Å². The van der Waals surface area contributed by atoms with Gasteiger partial charge in [0.15, 0.2) is 5.11 Å². The second kappa shape index (κ2) is 7.59. The zero-order valence-electron chi connectivity index (χ0n) is 14.5. The van der Waals surface area contributed by atoms with Crippen LogP contribution in [0.1, 0.15) is 23.5 Å². The van der Waals surface area contributed by atoms with E-state index < -0.39 is 0 Å². The van der Waals surface area contributed by atoms with E-state index in [0.717, 1.165) is 17.1 Å². The Morgan fingerprint density at radius 3 is 2.63 bits per heavy atom. The molecule has 1 amide bonds. The van der Waals surface area contributed by atoms with Crippen LogP contribution in [-0.4, -0.2) is 32.4 Å². The Kier molecular flexibility index (Phi) is 4.84. The van der Waals surface area contributed by atoms with Gasteiger partial charge in [0.2, 0.25) is 5.91 Å². The third kappa shape index (κ3) is 3.68. The van der Waals surface area contributed by atoms with Gasteiger partial charge in [-0.1, -0.05) is 24.3 Å². The lowest BCUT2D eigenvalue weighted by molar-refractivity contribution is -0.116. The van der Waals surface area contributed by atoms with E-state index in [0.29, 0.717) is 5.11 Å². The number of hydrogen-bond acceptors (Lipinski definition) is 3. The van der Waals surface area contributed by atoms with Crippen molar-refractivity contribution in [2.24, 2.45) is 0 Å². The average molecular weight is 377 g/mol. The van der Waals surface area contributed by atoms with Crippen molar-refractivity contribution in [3.8, 4) is 0 Å². The molecule has 2 aromatic heterocycles. The number of aromatic nitrogens is 2. The molecular weight excluding hydrogens is 358 g/mol. The Bertz CT molecular complexity index is 914. The van der Waals surface area contributed by atoms with E-state index in [-0.39, 0.29) is 24.5 Å². The van der Waals surface area contributed by atoms with E-state index >= 15 is 0 Å². The summed E-state index contributed by atoms with van der Waals surface area (Å²) in [5.41, 5.74) is 2.62. The monoisotopic (exact) mass is 377 g/mol. The summed E-state index contributed by atoms with van der Waals surface area (Å²) in [6.45, 7) is 0.147. The third-order valence-corrected chi connectivity index (χ3v) is 4.86. The van der Waals surface area contributed by atoms with Gasteiger partial charge >= 0.3 is 0 Å². The van der Waals surface area contributed by atoms with Gasteiger partial charge in [-0.25, -0.2) is 0 Å². The lowest BCUT2D eigenvalue weighted by atomic mass is 10.0. The van der Waals surface area contributed by atoms with Gasteiger partial charge in [0, 0.05) is 23.8 Å². The predicted molar refractivity (Wildman–Crippen MR) is 108 cm³/mol. The Morgan fingerprint density at radius 1 is 1.11 bits per heavy atom. The second-order valence-electron chi connectivity index (χ2n) is 6.29. The van der Waals surface area contributed by atoms with E-state index in [4.69, 9.17) is 12.2 Å². The molecule has 1 fully saturated rings. The van der Waals surface area contributed by atoms with Crippen molar-refractivity contribution in [3.63, 3.8) is 0 Å². The maximum Gasteiger partial charge on any atom is 0.244 e. The SMILES string of the molecule is O=C(CN1C(=S)NC(c2ccccn2)C1c1ccc[nH]1)Nc1ccccc1. The summed E-state index contributed by atoms with van der Waals surface area (Å²) in [5, 5.41) is 6.77. The van der Waals surface area contributed by atoms with Crippen LogP contribution in [0.25, 0.3) is 0 Å². The highest BCUT2D eigenvalue weighted by Gasteiger charge is 2.41. The number of nitrogens with zero attached hydrogens (tertiary/aromatic N) is 2. The first-order chi connectivity index (χ1) is 13.2. The van der Waals surface area contributed by atoms with Crippen LogP contribution >= 0.6 is 12.2 Å². The molecule has 0 radical (unpaired) electrons. The van der Waals surface area contributed by atoms with Crippen molar-refractivity contribution in [2.45, 2.75) is 12.1 Å². The molecule has 2 unspecified atom stereocenters. The average Bonchev–Trinajstić information content (AvgIpc) is 3.32. The van der Waals surface area contributed by atoms with Crippen LogP contribution in [0.15, 0.2) is 73.1 Å². The first-order valence-electron chi connectivity index (χ1n) is 8.68. The number of rotatable bonds is 5. The van der Waals surface area contributed by atoms with Crippen LogP contribution in [0.5, 0.6) is 0 Å². The van der Waals surface area contributed by atoms with E-state index in [9.17, 15) is 4.79 Å². The number of anilines is 1. The van der Waals surface area contributed by atoms with Gasteiger partial charge in [0.1, 0.15) is 6.54 Å². The molecule has 3 heterocycles. The first-order valence-corrected chi connectivity index (χ1v) is 9.09. The quantitative estimate of drug-likeness (QED) is 0.596. The molecule has 136 valence electrons. The van der Waals surface area contributed by atoms with E-state index in [2.05, 4.69) is 20.6 Å². The number of benzene rings is 1. The van der Waals surface area contributed by atoms with Crippen LogP contribution in [0.3, 0.4) is 0 Å². The molecule has 0 aliphatic carbocycles. The minimum atomic E-state index is -0.149. The van der Waals surface area contributed by atoms with E-state index in [1.54, 1.807) is 6.20 Å². The summed E-state index contributed by atoms with van der Waals surface area (Å²) in [4.78, 5) is 22.2. The molecule has 27 heavy (non-hydrogen) atoms. The Morgan fingerprint density at radius 2 is 1.93 bits per heavy atom. The molecule has 1 aliphatic heterocycles. The lowest BCUT2D eigenvalue weighted by Gasteiger charge is -2.26. The molecule has 1 aromatic carbocycles. The van der Waals surface area contributed by atoms with Gasteiger partial charge in [-0.3, -0.25) is 9.78 Å². The van der Waals surface area contributed by atoms with Crippen LogP contribution < -0.4 is 10.6 Å². The van der Waals surface area contributed by atoms with Crippen LogP contribution in [0, 0.1) is 0 Å². The number of carbonyl (C=O) groups excluding carboxylic acids is 1. The van der Waals surface area contributed by atoms with Crippen LogP contribution in [0.2, 0.25) is 0 Å². The van der Waals surface area contributed by atoms with Gasteiger partial charge in [-0.05, 0) is 48.6 Å². The van der Waals surface area contributed by atoms with Crippen LogP contribution in [0.4, 0.5) is 5.69 Å². The number of thiocarbonyl (C=S) groups is 1. The standard InChI is InChI=1S/C20H19N5OS/c26-17(23-14-7-2-1-3-8-14)13-25-19(16-10-6-12-22-16)18(24-20(25)27)15-9-4-5-11-21-15/h1-12,18-19,22H,13H2,(H,23,26)(H,24,27). The third-order valence-electron chi connectivity index (χ3n) is 4.51. The minimum Gasteiger partial charge on any atom is -0.363 e. The summed E-state index contributed by atoms with van der Waals surface area (Å²) in [6, 6.07) is 18.8. The summed E-state index contributed by atoms with van der Waals surface area (Å²) < 4.78 is 0. The summed E-state index contributed by atoms with van der Waals surface area (Å²) >= 11 is 5.54. The van der Waals surface area contributed by atoms with Crippen molar-refractivity contribution in [2.75, 3.05) is 11.9 Å². The molecule has 6 nitrogen and oxygen atoms in total. The van der Waals surface area contributed by atoms with Gasteiger partial charge in [0.05, 0.1) is 17.8 Å². The Hall–Kier alpha value is -3.19. The number of nitrogens with one attached hydrogen (secondary N) is 3. The van der Waals surface area contributed by atoms with Gasteiger partial charge in [0.25, 0.3) is 0 Å². The maximum absolute atomic E-state index is 12.6. The molecule has 3 N–H and O–H groups in total. The van der Waals surface area contributed by atoms with Crippen LogP contribution in [-0.2, 0) is 4.79 Å². The second-order valence-corrected chi connectivity index (χ2v) is 6.68. The molecule has 0 spiro atoms. The van der Waals surface area contributed by atoms with Crippen molar-refractivity contribution >= 4 is 28.9 Å². The molecule has 4 rings (SSSR count). The van der Waals surface area contributed by atoms with Crippen molar-refractivity contribution in [1.82, 2.24) is 20.2 Å². The predicted octanol–water partition coefficient (Wildman–Crippen LogP) is 3.02. The lowest BCUT2D eigenvalue weighted by Crippen LogP contribution is -2.37. The highest BCUT2D eigenvalue weighted by Crippen LogP contribution is 2.37. The number of aromatic amines is 1. The number of H-pyrrole nitrogens is 1. The van der Waals surface area contributed by atoms with Gasteiger partial charge in [-0.15, -0.1) is 0 Å². The number of amides is 1. The number of para-hydroxylation sites is 1. The maximum atomic E-state index is 12.6. The molecular formula is C20H19N5OS. The molecule has 1 aliphatic rings. The molecule has 1 saturated heterocycles. The zero-order valence-corrected chi connectivity index (χ0v) is 15.3. The molecule has 7 heteroatoms. The number of carbonyl (C=O) groups is 1. The smallest absolute Gasteiger partial charge is 0.244 e. The topological polar surface area (TPSA) is 73.0 Å². The van der Waals surface area contributed by atoms with Crippen molar-refractivity contribution in [3.05, 3.63) is 84.4 Å². The zero-order chi connectivity index (χ0) is 18.6. The normalized spacial score (nSPS) is 19.0. The first kappa shape index (κ1) is 17.2. The Balaban J connectivity index is 1.58. The van der Waals surface area contributed by atoms with E-state index in [1.165, 1.54) is 0 Å². The summed E-state index contributed by atoms with van der Waals surface area (Å²) in [5.74, 6) is -0.122. The molecule has 0 saturated carbocycles. The Labute approximate surface area is 162 Å². The highest BCUT2D eigenvalue weighted by atomic mass is 32.1. The fourth-order valence-corrected chi connectivity index (χ4v) is 3.62. The fourth-order valence-electron chi connectivity index (χ4n) is 3.32. The van der Waals surface area contributed by atoms with Crippen molar-refractivity contribution in [1.29, 1.82) is 0 Å². The minimum absolute atomic E-state index is 0.122. The summed E-state index contributed by atoms with van der Waals surface area (Å²) in [6.07, 6.45) is 3.63. The number of pyridine rings is 1. The summed E-state index contributed by atoms with van der Waals surface area (Å²) in [7, 11) is 0.